The highest BCUT2D eigenvalue weighted by molar-refractivity contribution is 9.10. The number of hydrogen-bond donors (Lipinski definition) is 0. The van der Waals surface area contributed by atoms with E-state index in [1.807, 2.05) is 52.0 Å². The zero-order chi connectivity index (χ0) is 17.2. The topological polar surface area (TPSA) is 48.7 Å². The zero-order valence-electron chi connectivity index (χ0n) is 14.3. The predicted molar refractivity (Wildman–Crippen MR) is 94.9 cm³/mol. The fourth-order valence-electron chi connectivity index (χ4n) is 2.26. The van der Waals surface area contributed by atoms with E-state index in [0.717, 1.165) is 16.0 Å². The quantitative estimate of drug-likeness (QED) is 0.736. The Morgan fingerprint density at radius 2 is 2.13 bits per heavy atom. The lowest BCUT2D eigenvalue weighted by atomic mass is 10.2. The predicted octanol–water partition coefficient (Wildman–Crippen LogP) is 2.88. The molecule has 0 unspecified atom stereocenters. The molecule has 23 heavy (non-hydrogen) atoms. The Labute approximate surface area is 145 Å². The van der Waals surface area contributed by atoms with Crippen molar-refractivity contribution in [3.63, 3.8) is 0 Å². The van der Waals surface area contributed by atoms with Crippen LogP contribution >= 0.6 is 15.9 Å². The number of carbonyl (C=O) groups excluding carboxylic acids is 1. The molecule has 1 aromatic heterocycles. The van der Waals surface area contributed by atoms with E-state index in [1.54, 1.807) is 11.1 Å². The van der Waals surface area contributed by atoms with Gasteiger partial charge in [0.05, 0.1) is 23.8 Å². The summed E-state index contributed by atoms with van der Waals surface area (Å²) in [7, 11) is 3.98. The van der Waals surface area contributed by atoms with Gasteiger partial charge < -0.3 is 9.64 Å². The monoisotopic (exact) mass is 383 g/mol. The largest absolute Gasteiger partial charge is 0.444 e. The molecular weight excluding hydrogens is 360 g/mol. The first kappa shape index (κ1) is 17.7. The van der Waals surface area contributed by atoms with Crippen LogP contribution in [0.4, 0.5) is 16.3 Å². The minimum atomic E-state index is -0.473. The molecule has 1 aliphatic heterocycles. The lowest BCUT2D eigenvalue weighted by molar-refractivity contribution is -0.445. The molecule has 1 aromatic rings. The highest BCUT2D eigenvalue weighted by Gasteiger charge is 2.27. The average molecular weight is 384 g/mol. The van der Waals surface area contributed by atoms with Crippen molar-refractivity contribution in [1.29, 1.82) is 0 Å². The van der Waals surface area contributed by atoms with E-state index < -0.39 is 5.60 Å². The number of halogens is 1. The molecule has 0 aliphatic carbocycles. The molecule has 0 aromatic carbocycles. The van der Waals surface area contributed by atoms with Crippen LogP contribution in [0.3, 0.4) is 0 Å². The van der Waals surface area contributed by atoms with E-state index in [4.69, 9.17) is 4.74 Å². The van der Waals surface area contributed by atoms with Gasteiger partial charge in [-0.15, -0.1) is 0 Å². The lowest BCUT2D eigenvalue weighted by Crippen LogP contribution is -2.44. The maximum absolute atomic E-state index is 12.1. The minimum Gasteiger partial charge on any atom is -0.444 e. The number of hydrogen-bond acceptors (Lipinski definition) is 4. The minimum absolute atomic E-state index is 0.273. The molecular formula is C16H24BrN4O2+. The molecule has 6 nitrogen and oxygen atoms in total. The zero-order valence-corrected chi connectivity index (χ0v) is 15.9. The van der Waals surface area contributed by atoms with Gasteiger partial charge in [-0.05, 0) is 47.8 Å². The van der Waals surface area contributed by atoms with Crippen LogP contribution in [0, 0.1) is 0 Å². The third kappa shape index (κ3) is 4.67. The second kappa shape index (κ2) is 6.86. The molecule has 2 rings (SSSR count). The van der Waals surface area contributed by atoms with E-state index in [1.165, 1.54) is 0 Å². The van der Waals surface area contributed by atoms with Crippen molar-refractivity contribution in [1.82, 2.24) is 9.88 Å². The van der Waals surface area contributed by atoms with Gasteiger partial charge in [-0.1, -0.05) is 0 Å². The van der Waals surface area contributed by atoms with Crippen molar-refractivity contribution in [2.75, 3.05) is 38.6 Å². The van der Waals surface area contributed by atoms with Crippen LogP contribution in [-0.4, -0.2) is 66.1 Å². The molecule has 0 spiro atoms. The molecule has 0 saturated heterocycles. The molecule has 0 fully saturated rings. The Morgan fingerprint density at radius 1 is 1.43 bits per heavy atom. The van der Waals surface area contributed by atoms with Gasteiger partial charge in [0.2, 0.25) is 0 Å². The normalized spacial score (nSPS) is 15.2. The van der Waals surface area contributed by atoms with Gasteiger partial charge in [0.15, 0.2) is 6.20 Å². The van der Waals surface area contributed by atoms with Crippen LogP contribution in [0.15, 0.2) is 16.7 Å². The summed E-state index contributed by atoms with van der Waals surface area (Å²) in [6.07, 6.45) is 3.50. The number of anilines is 1. The Morgan fingerprint density at radius 3 is 2.65 bits per heavy atom. The first-order chi connectivity index (χ1) is 10.7. The summed E-state index contributed by atoms with van der Waals surface area (Å²) < 4.78 is 8.44. The summed E-state index contributed by atoms with van der Waals surface area (Å²) in [5.41, 5.74) is 0.556. The third-order valence-electron chi connectivity index (χ3n) is 3.35. The van der Waals surface area contributed by atoms with Crippen molar-refractivity contribution in [2.24, 2.45) is 0 Å². The maximum atomic E-state index is 12.1. The highest BCUT2D eigenvalue weighted by atomic mass is 79.9. The Hall–Kier alpha value is -1.63. The van der Waals surface area contributed by atoms with Crippen LogP contribution in [0.1, 0.15) is 20.8 Å². The van der Waals surface area contributed by atoms with Crippen molar-refractivity contribution >= 4 is 39.7 Å². The van der Waals surface area contributed by atoms with E-state index in [0.29, 0.717) is 19.6 Å². The van der Waals surface area contributed by atoms with Gasteiger partial charge in [-0.2, -0.15) is 0 Å². The first-order valence-electron chi connectivity index (χ1n) is 7.58. The summed E-state index contributed by atoms with van der Waals surface area (Å²) in [6.45, 7) is 7.43. The summed E-state index contributed by atoms with van der Waals surface area (Å²) in [6, 6.07) is 2.04. The van der Waals surface area contributed by atoms with E-state index >= 15 is 0 Å². The first-order valence-corrected chi connectivity index (χ1v) is 8.37. The second-order valence-corrected chi connectivity index (χ2v) is 7.61. The van der Waals surface area contributed by atoms with Gasteiger partial charge in [-0.3, -0.25) is 4.90 Å². The Bertz CT molecular complexity index is 623. The molecule has 0 saturated carbocycles. The van der Waals surface area contributed by atoms with Crippen molar-refractivity contribution < 1.29 is 14.1 Å². The number of ether oxygens (including phenoxy) is 1. The SMILES string of the molecule is CN(C)c1cc(Br)cnc1[N+]1=CCN(C(=O)OC(C)(C)C)CC1. The molecule has 0 atom stereocenters. The lowest BCUT2D eigenvalue weighted by Gasteiger charge is -2.28. The van der Waals surface area contributed by atoms with Crippen molar-refractivity contribution in [3.8, 4) is 0 Å². The molecule has 1 amide bonds. The molecule has 7 heteroatoms. The van der Waals surface area contributed by atoms with Crippen LogP contribution < -0.4 is 4.90 Å². The molecule has 2 heterocycles. The Balaban J connectivity index is 2.15. The van der Waals surface area contributed by atoms with Crippen molar-refractivity contribution in [2.45, 2.75) is 26.4 Å². The van der Waals surface area contributed by atoms with E-state index in [9.17, 15) is 4.79 Å². The summed E-state index contributed by atoms with van der Waals surface area (Å²) >= 11 is 3.46. The maximum Gasteiger partial charge on any atom is 0.410 e. The van der Waals surface area contributed by atoms with Gasteiger partial charge in [0.25, 0.3) is 0 Å². The fourth-order valence-corrected chi connectivity index (χ4v) is 2.58. The van der Waals surface area contributed by atoms with Gasteiger partial charge in [0, 0.05) is 14.1 Å². The highest BCUT2D eigenvalue weighted by Crippen LogP contribution is 2.28. The van der Waals surface area contributed by atoms with Crippen LogP contribution in [0.25, 0.3) is 0 Å². The Kier molecular flexibility index (Phi) is 5.29. The smallest absolute Gasteiger partial charge is 0.410 e. The fraction of sp³-hybridized carbons (Fsp3) is 0.562. The van der Waals surface area contributed by atoms with Crippen LogP contribution in [0.5, 0.6) is 0 Å². The van der Waals surface area contributed by atoms with Crippen LogP contribution in [-0.2, 0) is 4.74 Å². The van der Waals surface area contributed by atoms with Gasteiger partial charge in [0.1, 0.15) is 17.8 Å². The van der Waals surface area contributed by atoms with Crippen molar-refractivity contribution in [3.05, 3.63) is 16.7 Å². The molecule has 0 bridgehead atoms. The number of aromatic nitrogens is 1. The molecule has 0 radical (unpaired) electrons. The third-order valence-corrected chi connectivity index (χ3v) is 3.79. The number of nitrogens with zero attached hydrogens (tertiary/aromatic N) is 4. The van der Waals surface area contributed by atoms with Gasteiger partial charge in [-0.25, -0.2) is 9.37 Å². The number of amides is 1. The summed E-state index contributed by atoms with van der Waals surface area (Å²) in [5, 5.41) is 0. The van der Waals surface area contributed by atoms with E-state index in [-0.39, 0.29) is 6.09 Å². The second-order valence-electron chi connectivity index (χ2n) is 6.69. The summed E-state index contributed by atoms with van der Waals surface area (Å²) in [5.74, 6) is 0.891. The molecule has 0 N–H and O–H groups in total. The number of rotatable bonds is 2. The molecule has 126 valence electrons. The van der Waals surface area contributed by atoms with Gasteiger partial charge >= 0.3 is 11.9 Å². The average Bonchev–Trinajstić information content (AvgIpc) is 2.45. The number of carbonyl (C=O) groups is 1. The molecule has 1 aliphatic rings. The summed E-state index contributed by atoms with van der Waals surface area (Å²) in [4.78, 5) is 20.4. The standard InChI is InChI=1S/C16H24BrN4O2/c1-16(2,3)23-15(22)21-8-6-20(7-9-21)14-13(19(4)5)10-12(17)11-18-14/h6,10-11H,7-9H2,1-5H3/q+1. The van der Waals surface area contributed by atoms with Crippen LogP contribution in [0.2, 0.25) is 0 Å². The van der Waals surface area contributed by atoms with E-state index in [2.05, 4.69) is 25.5 Å². The number of pyridine rings is 1.